The molecule has 0 rings (SSSR count). The fourth-order valence-electron chi connectivity index (χ4n) is 1.02. The molecule has 0 aromatic rings. The minimum Gasteiger partial charge on any atom is -0.480 e. The Bertz CT molecular complexity index is 180. The number of hydrogen-bond acceptors (Lipinski definition) is 4. The van der Waals surface area contributed by atoms with E-state index < -0.39 is 17.6 Å². The van der Waals surface area contributed by atoms with Crippen molar-refractivity contribution in [2.75, 3.05) is 20.3 Å². The van der Waals surface area contributed by atoms with Gasteiger partial charge in [0.1, 0.15) is 6.04 Å². The molecular formula is C9H19NO4. The van der Waals surface area contributed by atoms with E-state index in [9.17, 15) is 4.79 Å². The van der Waals surface area contributed by atoms with Gasteiger partial charge in [0.2, 0.25) is 0 Å². The summed E-state index contributed by atoms with van der Waals surface area (Å²) in [6, 6.07) is -0.780. The maximum Gasteiger partial charge on any atom is 0.323 e. The second-order valence-corrected chi connectivity index (χ2v) is 3.56. The van der Waals surface area contributed by atoms with Crippen molar-refractivity contribution in [3.05, 3.63) is 0 Å². The summed E-state index contributed by atoms with van der Waals surface area (Å²) in [6.07, 6.45) is 0.650. The van der Waals surface area contributed by atoms with Gasteiger partial charge in [0.05, 0.1) is 13.2 Å². The Kier molecular flexibility index (Phi) is 5.68. The Balaban J connectivity index is 4.33. The molecule has 0 aliphatic rings. The Morgan fingerprint density at radius 2 is 2.21 bits per heavy atom. The van der Waals surface area contributed by atoms with Crippen LogP contribution in [0.4, 0.5) is 0 Å². The molecular weight excluding hydrogens is 186 g/mol. The van der Waals surface area contributed by atoms with Gasteiger partial charge in [-0.2, -0.15) is 0 Å². The Labute approximate surface area is 84.1 Å². The first-order valence-electron chi connectivity index (χ1n) is 4.59. The van der Waals surface area contributed by atoms with E-state index in [4.69, 9.17) is 14.9 Å². The Hall–Kier alpha value is -0.650. The molecule has 0 aromatic carbocycles. The third-order valence-electron chi connectivity index (χ3n) is 2.28. The van der Waals surface area contributed by atoms with Crippen LogP contribution in [0.3, 0.4) is 0 Å². The van der Waals surface area contributed by atoms with Crippen LogP contribution in [0.1, 0.15) is 20.3 Å². The molecule has 3 N–H and O–H groups in total. The molecule has 0 amide bonds. The third kappa shape index (κ3) is 4.04. The molecule has 2 unspecified atom stereocenters. The number of carboxylic acid groups (broad SMARTS) is 1. The molecule has 0 radical (unpaired) electrons. The highest BCUT2D eigenvalue weighted by Gasteiger charge is 2.28. The molecule has 5 nitrogen and oxygen atoms in total. The van der Waals surface area contributed by atoms with Crippen molar-refractivity contribution in [1.82, 2.24) is 5.32 Å². The van der Waals surface area contributed by atoms with Gasteiger partial charge in [-0.15, -0.1) is 0 Å². The third-order valence-corrected chi connectivity index (χ3v) is 2.28. The number of methoxy groups -OCH3 is 1. The lowest BCUT2D eigenvalue weighted by Crippen LogP contribution is -2.54. The molecule has 5 heteroatoms. The summed E-state index contributed by atoms with van der Waals surface area (Å²) in [4.78, 5) is 10.8. The number of aliphatic hydroxyl groups excluding tert-OH is 1. The van der Waals surface area contributed by atoms with E-state index in [1.165, 1.54) is 7.11 Å². The van der Waals surface area contributed by atoms with Crippen molar-refractivity contribution in [1.29, 1.82) is 0 Å². The largest absolute Gasteiger partial charge is 0.480 e. The van der Waals surface area contributed by atoms with Crippen molar-refractivity contribution in [3.63, 3.8) is 0 Å². The standard InChI is InChI=1S/C9H19NO4/c1-4-9(2,6-11)10-7(5-14-3)8(12)13/h7,10-11H,4-6H2,1-3H3,(H,12,13). The SMILES string of the molecule is CCC(C)(CO)NC(COC)C(=O)O. The molecule has 0 fully saturated rings. The molecule has 0 spiro atoms. The Morgan fingerprint density at radius 1 is 1.64 bits per heavy atom. The zero-order chi connectivity index (χ0) is 11.2. The predicted octanol–water partition coefficient (Wildman–Crippen LogP) is -0.163. The minimum absolute atomic E-state index is 0.0882. The van der Waals surface area contributed by atoms with E-state index in [0.717, 1.165) is 0 Å². The average molecular weight is 205 g/mol. The Morgan fingerprint density at radius 3 is 2.50 bits per heavy atom. The maximum absolute atomic E-state index is 10.8. The number of carbonyl (C=O) groups is 1. The van der Waals surface area contributed by atoms with Crippen molar-refractivity contribution in [2.24, 2.45) is 0 Å². The summed E-state index contributed by atoms with van der Waals surface area (Å²) < 4.78 is 4.78. The van der Waals surface area contributed by atoms with E-state index in [-0.39, 0.29) is 13.2 Å². The van der Waals surface area contributed by atoms with Crippen molar-refractivity contribution >= 4 is 5.97 Å². The summed E-state index contributed by atoms with van der Waals surface area (Å²) in [5.74, 6) is -0.972. The molecule has 14 heavy (non-hydrogen) atoms. The molecule has 0 heterocycles. The number of rotatable bonds is 7. The first-order chi connectivity index (χ1) is 6.49. The number of carboxylic acids is 1. The molecule has 0 saturated carbocycles. The highest BCUT2D eigenvalue weighted by atomic mass is 16.5. The average Bonchev–Trinajstić information content (AvgIpc) is 2.17. The number of aliphatic hydroxyl groups is 1. The van der Waals surface area contributed by atoms with Gasteiger partial charge in [-0.3, -0.25) is 10.1 Å². The van der Waals surface area contributed by atoms with Crippen LogP contribution >= 0.6 is 0 Å². The van der Waals surface area contributed by atoms with Crippen molar-refractivity contribution in [2.45, 2.75) is 31.8 Å². The van der Waals surface area contributed by atoms with E-state index in [0.29, 0.717) is 6.42 Å². The van der Waals surface area contributed by atoms with Gasteiger partial charge in [0.15, 0.2) is 0 Å². The summed E-state index contributed by atoms with van der Waals surface area (Å²) in [5.41, 5.74) is -0.568. The highest BCUT2D eigenvalue weighted by Crippen LogP contribution is 2.09. The maximum atomic E-state index is 10.8. The summed E-state index contributed by atoms with van der Waals surface area (Å²) in [5, 5.41) is 20.8. The number of ether oxygens (including phenoxy) is 1. The lowest BCUT2D eigenvalue weighted by Gasteiger charge is -2.30. The monoisotopic (exact) mass is 205 g/mol. The van der Waals surface area contributed by atoms with E-state index >= 15 is 0 Å². The van der Waals surface area contributed by atoms with Crippen LogP contribution in [-0.2, 0) is 9.53 Å². The first kappa shape index (κ1) is 13.4. The predicted molar refractivity (Wildman–Crippen MR) is 52.2 cm³/mol. The van der Waals surface area contributed by atoms with E-state index in [2.05, 4.69) is 5.32 Å². The summed E-state index contributed by atoms with van der Waals surface area (Å²) in [7, 11) is 1.44. The fraction of sp³-hybridized carbons (Fsp3) is 0.889. The number of aliphatic carboxylic acids is 1. The fourth-order valence-corrected chi connectivity index (χ4v) is 1.02. The van der Waals surface area contributed by atoms with Crippen molar-refractivity contribution in [3.8, 4) is 0 Å². The second-order valence-electron chi connectivity index (χ2n) is 3.56. The molecule has 0 aromatic heterocycles. The van der Waals surface area contributed by atoms with Gasteiger partial charge in [0.25, 0.3) is 0 Å². The van der Waals surface area contributed by atoms with Gasteiger partial charge in [0, 0.05) is 12.6 Å². The molecule has 0 aliphatic heterocycles. The van der Waals surface area contributed by atoms with Gasteiger partial charge >= 0.3 is 5.97 Å². The van der Waals surface area contributed by atoms with Gasteiger partial charge in [-0.1, -0.05) is 6.92 Å². The molecule has 84 valence electrons. The van der Waals surface area contributed by atoms with Crippen LogP contribution in [0, 0.1) is 0 Å². The summed E-state index contributed by atoms with van der Waals surface area (Å²) in [6.45, 7) is 3.65. The molecule has 0 aliphatic carbocycles. The van der Waals surface area contributed by atoms with E-state index in [1.807, 2.05) is 6.92 Å². The van der Waals surface area contributed by atoms with Crippen LogP contribution in [0.15, 0.2) is 0 Å². The molecule has 0 saturated heterocycles. The normalized spacial score (nSPS) is 17.4. The smallest absolute Gasteiger partial charge is 0.323 e. The van der Waals surface area contributed by atoms with Crippen molar-refractivity contribution < 1.29 is 19.7 Å². The van der Waals surface area contributed by atoms with E-state index in [1.54, 1.807) is 6.92 Å². The highest BCUT2D eigenvalue weighted by molar-refractivity contribution is 5.73. The second kappa shape index (κ2) is 5.95. The van der Waals surface area contributed by atoms with Gasteiger partial charge in [-0.05, 0) is 13.3 Å². The molecule has 2 atom stereocenters. The van der Waals surface area contributed by atoms with Crippen LogP contribution in [0.2, 0.25) is 0 Å². The molecule has 0 bridgehead atoms. The minimum atomic E-state index is -0.972. The van der Waals surface area contributed by atoms with Crippen LogP contribution in [0.5, 0.6) is 0 Å². The van der Waals surface area contributed by atoms with Gasteiger partial charge in [-0.25, -0.2) is 0 Å². The lowest BCUT2D eigenvalue weighted by atomic mass is 9.99. The van der Waals surface area contributed by atoms with Crippen LogP contribution < -0.4 is 5.32 Å². The quantitative estimate of drug-likeness (QED) is 0.538. The number of nitrogens with one attached hydrogen (secondary N) is 1. The van der Waals surface area contributed by atoms with Gasteiger partial charge < -0.3 is 14.9 Å². The van der Waals surface area contributed by atoms with Crippen LogP contribution in [0.25, 0.3) is 0 Å². The number of hydrogen-bond donors (Lipinski definition) is 3. The first-order valence-corrected chi connectivity index (χ1v) is 4.59. The van der Waals surface area contributed by atoms with Crippen LogP contribution in [-0.4, -0.2) is 48.1 Å². The lowest BCUT2D eigenvalue weighted by molar-refractivity contribution is -0.141. The zero-order valence-corrected chi connectivity index (χ0v) is 8.91. The summed E-state index contributed by atoms with van der Waals surface area (Å²) >= 11 is 0. The zero-order valence-electron chi connectivity index (χ0n) is 8.91. The topological polar surface area (TPSA) is 78.8 Å².